The van der Waals surface area contributed by atoms with Gasteiger partial charge in [0.05, 0.1) is 6.61 Å². The number of carbonyl (C=O) groups is 1. The minimum atomic E-state index is -3.80. The fourth-order valence-electron chi connectivity index (χ4n) is 1.31. The number of alkyl halides is 2. The zero-order valence-corrected chi connectivity index (χ0v) is 8.79. The van der Waals surface area contributed by atoms with Crippen molar-refractivity contribution in [1.29, 1.82) is 0 Å². The molecule has 1 rings (SSSR count). The van der Waals surface area contributed by atoms with E-state index in [1.165, 1.54) is 0 Å². The van der Waals surface area contributed by atoms with Crippen LogP contribution in [0.3, 0.4) is 0 Å². The van der Waals surface area contributed by atoms with Crippen LogP contribution in [0.25, 0.3) is 0 Å². The maximum atomic E-state index is 13.1. The summed E-state index contributed by atoms with van der Waals surface area (Å²) in [5, 5.41) is 9.30. The molecular weight excluding hydrogens is 210 g/mol. The third-order valence-electron chi connectivity index (χ3n) is 2.22. The predicted octanol–water partition coefficient (Wildman–Crippen LogP) is 0.723. The minimum Gasteiger partial charge on any atom is -0.383 e. The van der Waals surface area contributed by atoms with Gasteiger partial charge in [0.2, 0.25) is 5.78 Å². The number of hydrogen-bond donors (Lipinski definition) is 1. The summed E-state index contributed by atoms with van der Waals surface area (Å²) in [6.07, 6.45) is -3.35. The number of halogens is 2. The lowest BCUT2D eigenvalue weighted by Gasteiger charge is -2.25. The van der Waals surface area contributed by atoms with Crippen LogP contribution < -0.4 is 0 Å². The van der Waals surface area contributed by atoms with Crippen LogP contribution in [-0.2, 0) is 14.3 Å². The number of hydrogen-bond acceptors (Lipinski definition) is 4. The molecule has 0 radical (unpaired) electrons. The molecule has 1 aliphatic rings. The van der Waals surface area contributed by atoms with Gasteiger partial charge >= 0.3 is 5.92 Å². The van der Waals surface area contributed by atoms with Crippen molar-refractivity contribution in [2.45, 2.75) is 44.7 Å². The Hall–Kier alpha value is -0.590. The van der Waals surface area contributed by atoms with Crippen LogP contribution in [-0.4, -0.2) is 41.4 Å². The first-order valence-corrected chi connectivity index (χ1v) is 4.55. The highest BCUT2D eigenvalue weighted by Crippen LogP contribution is 2.31. The number of carbonyl (C=O) groups excluding carboxylic acids is 1. The largest absolute Gasteiger partial charge is 0.383 e. The maximum absolute atomic E-state index is 13.1. The smallest absolute Gasteiger partial charge is 0.332 e. The first kappa shape index (κ1) is 12.5. The molecule has 1 aliphatic heterocycles. The summed E-state index contributed by atoms with van der Waals surface area (Å²) in [6.45, 7) is 3.67. The van der Waals surface area contributed by atoms with E-state index in [-0.39, 0.29) is 6.61 Å². The monoisotopic (exact) mass is 224 g/mol. The van der Waals surface area contributed by atoms with Crippen LogP contribution in [0.1, 0.15) is 20.8 Å². The Labute approximate surface area is 86.2 Å². The van der Waals surface area contributed by atoms with Crippen LogP contribution in [0.15, 0.2) is 0 Å². The van der Waals surface area contributed by atoms with E-state index < -0.39 is 29.7 Å². The summed E-state index contributed by atoms with van der Waals surface area (Å²) in [7, 11) is 0. The Morgan fingerprint density at radius 1 is 1.60 bits per heavy atom. The summed E-state index contributed by atoms with van der Waals surface area (Å²) in [4.78, 5) is 10.6. The fraction of sp³-hybridized carbons (Fsp3) is 0.889. The van der Waals surface area contributed by atoms with Gasteiger partial charge in [-0.15, -0.1) is 0 Å². The molecule has 1 fully saturated rings. The number of ether oxygens (including phenoxy) is 2. The number of aliphatic hydroxyl groups is 1. The Balaban J connectivity index is 2.70. The highest BCUT2D eigenvalue weighted by molar-refractivity contribution is 5.83. The van der Waals surface area contributed by atoms with Crippen LogP contribution in [0.2, 0.25) is 0 Å². The topological polar surface area (TPSA) is 55.8 Å². The Morgan fingerprint density at radius 3 is 2.47 bits per heavy atom. The predicted molar refractivity (Wildman–Crippen MR) is 46.5 cm³/mol. The number of Topliss-reactive ketones (excluding diaryl/α,β-unsaturated/α-hetero) is 1. The first-order chi connectivity index (χ1) is 6.67. The molecule has 6 heteroatoms. The Bertz CT molecular complexity index is 265. The molecule has 0 aromatic heterocycles. The van der Waals surface area contributed by atoms with Crippen LogP contribution in [0.4, 0.5) is 8.78 Å². The van der Waals surface area contributed by atoms with Gasteiger partial charge in [0.15, 0.2) is 11.9 Å². The Kier molecular flexibility index (Phi) is 3.14. The molecule has 1 heterocycles. The zero-order valence-electron chi connectivity index (χ0n) is 8.79. The highest BCUT2D eigenvalue weighted by atomic mass is 19.3. The third kappa shape index (κ3) is 2.50. The standard InChI is InChI=1S/C9H14F2O4/c1-5(12)9(10,11)7(13)6-4-14-8(2,3)15-6/h6-7,13H,4H2,1-3H3/t6-,7-/m1/s1. The van der Waals surface area contributed by atoms with Gasteiger partial charge in [-0.25, -0.2) is 0 Å². The minimum absolute atomic E-state index is 0.156. The van der Waals surface area contributed by atoms with E-state index >= 15 is 0 Å². The Morgan fingerprint density at radius 2 is 2.13 bits per heavy atom. The van der Waals surface area contributed by atoms with Crippen molar-refractivity contribution < 1.29 is 28.2 Å². The summed E-state index contributed by atoms with van der Waals surface area (Å²) in [5.41, 5.74) is 0. The second-order valence-corrected chi connectivity index (χ2v) is 3.99. The number of rotatable bonds is 3. The van der Waals surface area contributed by atoms with Crippen molar-refractivity contribution in [3.63, 3.8) is 0 Å². The van der Waals surface area contributed by atoms with Crippen LogP contribution in [0.5, 0.6) is 0 Å². The van der Waals surface area contributed by atoms with E-state index in [0.29, 0.717) is 0 Å². The third-order valence-corrected chi connectivity index (χ3v) is 2.22. The van der Waals surface area contributed by atoms with Crippen molar-refractivity contribution in [3.8, 4) is 0 Å². The summed E-state index contributed by atoms with van der Waals surface area (Å²) in [6, 6.07) is 0. The average Bonchev–Trinajstić information content (AvgIpc) is 2.44. The lowest BCUT2D eigenvalue weighted by Crippen LogP contribution is -2.48. The van der Waals surface area contributed by atoms with Crippen molar-refractivity contribution in [1.82, 2.24) is 0 Å². The molecule has 0 spiro atoms. The molecule has 88 valence electrons. The molecule has 15 heavy (non-hydrogen) atoms. The fourth-order valence-corrected chi connectivity index (χ4v) is 1.31. The van der Waals surface area contributed by atoms with E-state index in [1.807, 2.05) is 0 Å². The molecule has 0 saturated carbocycles. The van der Waals surface area contributed by atoms with Gasteiger partial charge in [-0.2, -0.15) is 8.78 Å². The summed E-state index contributed by atoms with van der Waals surface area (Å²) >= 11 is 0. The molecule has 0 aromatic carbocycles. The zero-order chi connectivity index (χ0) is 11.9. The van der Waals surface area contributed by atoms with Crippen molar-refractivity contribution in [2.24, 2.45) is 0 Å². The van der Waals surface area contributed by atoms with Gasteiger partial charge < -0.3 is 14.6 Å². The van der Waals surface area contributed by atoms with E-state index in [1.54, 1.807) is 13.8 Å². The van der Waals surface area contributed by atoms with E-state index in [2.05, 4.69) is 0 Å². The highest BCUT2D eigenvalue weighted by Gasteiger charge is 2.51. The van der Waals surface area contributed by atoms with Crippen LogP contribution >= 0.6 is 0 Å². The maximum Gasteiger partial charge on any atom is 0.332 e. The lowest BCUT2D eigenvalue weighted by molar-refractivity contribution is -0.192. The molecule has 0 aliphatic carbocycles. The van der Waals surface area contributed by atoms with Gasteiger partial charge in [0, 0.05) is 6.92 Å². The molecule has 1 N–H and O–H groups in total. The van der Waals surface area contributed by atoms with E-state index in [0.717, 1.165) is 6.92 Å². The first-order valence-electron chi connectivity index (χ1n) is 4.55. The molecule has 2 atom stereocenters. The van der Waals surface area contributed by atoms with Crippen molar-refractivity contribution in [2.75, 3.05) is 6.61 Å². The SMILES string of the molecule is CC(=O)C(F)(F)[C@H](O)[C@H]1COC(C)(C)O1. The van der Waals surface area contributed by atoms with Gasteiger partial charge in [-0.1, -0.05) is 0 Å². The van der Waals surface area contributed by atoms with Crippen molar-refractivity contribution in [3.05, 3.63) is 0 Å². The van der Waals surface area contributed by atoms with E-state index in [9.17, 15) is 18.7 Å². The summed E-state index contributed by atoms with van der Waals surface area (Å²) in [5.74, 6) is -6.18. The van der Waals surface area contributed by atoms with E-state index in [4.69, 9.17) is 9.47 Å². The van der Waals surface area contributed by atoms with Gasteiger partial charge in [0.25, 0.3) is 0 Å². The molecular formula is C9H14F2O4. The number of ketones is 1. The van der Waals surface area contributed by atoms with Gasteiger partial charge in [0.1, 0.15) is 6.10 Å². The molecule has 0 bridgehead atoms. The van der Waals surface area contributed by atoms with Crippen LogP contribution in [0, 0.1) is 0 Å². The van der Waals surface area contributed by atoms with Crippen molar-refractivity contribution >= 4 is 5.78 Å². The molecule has 0 amide bonds. The van der Waals surface area contributed by atoms with Gasteiger partial charge in [-0.3, -0.25) is 4.79 Å². The molecule has 4 nitrogen and oxygen atoms in total. The molecule has 0 aromatic rings. The number of aliphatic hydroxyl groups excluding tert-OH is 1. The second-order valence-electron chi connectivity index (χ2n) is 3.99. The quantitative estimate of drug-likeness (QED) is 0.767. The van der Waals surface area contributed by atoms with Gasteiger partial charge in [-0.05, 0) is 13.8 Å². The average molecular weight is 224 g/mol. The second kappa shape index (κ2) is 3.77. The normalized spacial score (nSPS) is 27.7. The summed E-state index contributed by atoms with van der Waals surface area (Å²) < 4.78 is 36.3. The molecule has 0 unspecified atom stereocenters. The molecule has 1 saturated heterocycles. The lowest BCUT2D eigenvalue weighted by atomic mass is 10.0.